The van der Waals surface area contributed by atoms with E-state index in [9.17, 15) is 4.79 Å². The largest absolute Gasteiger partial charge is 0.338 e. The zero-order valence-corrected chi connectivity index (χ0v) is 11.8. The number of hydrogen-bond donors (Lipinski definition) is 0. The van der Waals surface area contributed by atoms with Crippen molar-refractivity contribution < 1.29 is 4.79 Å². The van der Waals surface area contributed by atoms with E-state index in [0.717, 1.165) is 24.2 Å². The lowest BCUT2D eigenvalue weighted by Crippen LogP contribution is -2.42. The van der Waals surface area contributed by atoms with Gasteiger partial charge in [-0.1, -0.05) is 26.0 Å². The van der Waals surface area contributed by atoms with Gasteiger partial charge in [0.25, 0.3) is 5.91 Å². The van der Waals surface area contributed by atoms with Crippen LogP contribution >= 0.6 is 11.6 Å². The highest BCUT2D eigenvalue weighted by molar-refractivity contribution is 6.17. The Morgan fingerprint density at radius 1 is 1.33 bits per heavy atom. The first-order chi connectivity index (χ1) is 8.60. The number of carbonyl (C=O) groups excluding carboxylic acids is 1. The van der Waals surface area contributed by atoms with Crippen LogP contribution in [-0.2, 0) is 5.88 Å². The lowest BCUT2D eigenvalue weighted by atomic mass is 9.91. The SMILES string of the molecule is CC1CC(C)CN(C(=O)c2cccc(CCl)c2)C1. The quantitative estimate of drug-likeness (QED) is 0.749. The smallest absolute Gasteiger partial charge is 0.253 e. The maximum Gasteiger partial charge on any atom is 0.253 e. The van der Waals surface area contributed by atoms with Gasteiger partial charge in [0.2, 0.25) is 0 Å². The lowest BCUT2D eigenvalue weighted by molar-refractivity contribution is 0.0623. The summed E-state index contributed by atoms with van der Waals surface area (Å²) in [5, 5.41) is 0. The number of rotatable bonds is 2. The number of nitrogens with zero attached hydrogens (tertiary/aromatic N) is 1. The van der Waals surface area contributed by atoms with Crippen LogP contribution in [0.15, 0.2) is 24.3 Å². The van der Waals surface area contributed by atoms with E-state index in [-0.39, 0.29) is 5.91 Å². The Morgan fingerprint density at radius 2 is 2.00 bits per heavy atom. The van der Waals surface area contributed by atoms with Gasteiger partial charge in [-0.25, -0.2) is 0 Å². The summed E-state index contributed by atoms with van der Waals surface area (Å²) in [6, 6.07) is 7.63. The van der Waals surface area contributed by atoms with Gasteiger partial charge in [-0.05, 0) is 36.0 Å². The van der Waals surface area contributed by atoms with E-state index >= 15 is 0 Å². The second-order valence-corrected chi connectivity index (χ2v) is 5.76. The van der Waals surface area contributed by atoms with Gasteiger partial charge in [0.05, 0.1) is 0 Å². The summed E-state index contributed by atoms with van der Waals surface area (Å²) in [4.78, 5) is 14.4. The molecule has 1 fully saturated rings. The Kier molecular flexibility index (Phi) is 4.28. The van der Waals surface area contributed by atoms with E-state index in [0.29, 0.717) is 17.7 Å². The highest BCUT2D eigenvalue weighted by Gasteiger charge is 2.26. The lowest BCUT2D eigenvalue weighted by Gasteiger charge is -2.35. The molecule has 0 spiro atoms. The zero-order chi connectivity index (χ0) is 13.1. The first-order valence-electron chi connectivity index (χ1n) is 6.54. The van der Waals surface area contributed by atoms with Gasteiger partial charge >= 0.3 is 0 Å². The molecule has 0 saturated carbocycles. The van der Waals surface area contributed by atoms with E-state index in [1.807, 2.05) is 29.2 Å². The molecule has 1 aromatic rings. The second kappa shape index (κ2) is 5.75. The molecule has 0 N–H and O–H groups in total. The van der Waals surface area contributed by atoms with E-state index in [1.54, 1.807) is 0 Å². The van der Waals surface area contributed by atoms with Gasteiger partial charge in [-0.2, -0.15) is 0 Å². The Hall–Kier alpha value is -1.02. The van der Waals surface area contributed by atoms with Crippen LogP contribution in [0.1, 0.15) is 36.2 Å². The molecule has 1 aliphatic rings. The van der Waals surface area contributed by atoms with Gasteiger partial charge in [-0.3, -0.25) is 4.79 Å². The highest BCUT2D eigenvalue weighted by Crippen LogP contribution is 2.22. The van der Waals surface area contributed by atoms with Gasteiger partial charge in [-0.15, -0.1) is 11.6 Å². The van der Waals surface area contributed by atoms with Gasteiger partial charge in [0.15, 0.2) is 0 Å². The third-order valence-electron chi connectivity index (χ3n) is 3.48. The molecule has 2 rings (SSSR count). The first-order valence-corrected chi connectivity index (χ1v) is 7.07. The van der Waals surface area contributed by atoms with Crippen LogP contribution in [0, 0.1) is 11.8 Å². The van der Waals surface area contributed by atoms with Crippen LogP contribution < -0.4 is 0 Å². The predicted molar refractivity (Wildman–Crippen MR) is 74.8 cm³/mol. The van der Waals surface area contributed by atoms with Crippen LogP contribution in [0.25, 0.3) is 0 Å². The maximum absolute atomic E-state index is 12.4. The maximum atomic E-state index is 12.4. The average Bonchev–Trinajstić information content (AvgIpc) is 2.37. The van der Waals surface area contributed by atoms with E-state index in [4.69, 9.17) is 11.6 Å². The minimum absolute atomic E-state index is 0.139. The van der Waals surface area contributed by atoms with E-state index in [2.05, 4.69) is 13.8 Å². The summed E-state index contributed by atoms with van der Waals surface area (Å²) in [6.07, 6.45) is 1.21. The fourth-order valence-corrected chi connectivity index (χ4v) is 2.97. The molecule has 98 valence electrons. The molecule has 2 unspecified atom stereocenters. The molecule has 2 atom stereocenters. The molecule has 1 aromatic carbocycles. The zero-order valence-electron chi connectivity index (χ0n) is 11.0. The Bertz CT molecular complexity index is 422. The van der Waals surface area contributed by atoms with Crippen molar-refractivity contribution in [3.05, 3.63) is 35.4 Å². The van der Waals surface area contributed by atoms with Crippen molar-refractivity contribution in [1.29, 1.82) is 0 Å². The molecule has 0 aromatic heterocycles. The number of hydrogen-bond acceptors (Lipinski definition) is 1. The van der Waals surface area contributed by atoms with Crippen molar-refractivity contribution in [2.75, 3.05) is 13.1 Å². The van der Waals surface area contributed by atoms with Gasteiger partial charge < -0.3 is 4.90 Å². The highest BCUT2D eigenvalue weighted by atomic mass is 35.5. The van der Waals surface area contributed by atoms with Crippen LogP contribution in [0.5, 0.6) is 0 Å². The van der Waals surface area contributed by atoms with Crippen molar-refractivity contribution in [3.63, 3.8) is 0 Å². The standard InChI is InChI=1S/C15H20ClNO/c1-11-6-12(2)10-17(9-11)15(18)14-5-3-4-13(7-14)8-16/h3-5,7,11-12H,6,8-10H2,1-2H3. The normalized spacial score (nSPS) is 24.1. The summed E-state index contributed by atoms with van der Waals surface area (Å²) < 4.78 is 0. The van der Waals surface area contributed by atoms with Gasteiger partial charge in [0.1, 0.15) is 0 Å². The minimum atomic E-state index is 0.139. The minimum Gasteiger partial charge on any atom is -0.338 e. The van der Waals surface area contributed by atoms with E-state index < -0.39 is 0 Å². The molecule has 0 aliphatic carbocycles. The number of benzene rings is 1. The molecule has 1 aliphatic heterocycles. The number of halogens is 1. The van der Waals surface area contributed by atoms with Crippen molar-refractivity contribution in [2.24, 2.45) is 11.8 Å². The first kappa shape index (κ1) is 13.4. The van der Waals surface area contributed by atoms with Crippen LogP contribution in [0.3, 0.4) is 0 Å². The summed E-state index contributed by atoms with van der Waals surface area (Å²) in [7, 11) is 0. The number of likely N-dealkylation sites (tertiary alicyclic amines) is 1. The molecular formula is C15H20ClNO. The Labute approximate surface area is 114 Å². The monoisotopic (exact) mass is 265 g/mol. The molecule has 1 heterocycles. The molecule has 18 heavy (non-hydrogen) atoms. The molecule has 0 bridgehead atoms. The number of alkyl halides is 1. The van der Waals surface area contributed by atoms with Gasteiger partial charge in [0, 0.05) is 24.5 Å². The molecular weight excluding hydrogens is 246 g/mol. The third-order valence-corrected chi connectivity index (χ3v) is 3.79. The molecule has 1 amide bonds. The van der Waals surface area contributed by atoms with Crippen LogP contribution in [-0.4, -0.2) is 23.9 Å². The summed E-state index contributed by atoms with van der Waals surface area (Å²) in [5.41, 5.74) is 1.76. The molecule has 1 saturated heterocycles. The summed E-state index contributed by atoms with van der Waals surface area (Å²) in [5.74, 6) is 1.77. The predicted octanol–water partition coefficient (Wildman–Crippen LogP) is 3.54. The second-order valence-electron chi connectivity index (χ2n) is 5.49. The summed E-state index contributed by atoms with van der Waals surface area (Å²) in [6.45, 7) is 6.17. The molecule has 0 radical (unpaired) electrons. The van der Waals surface area contributed by atoms with Crippen LogP contribution in [0.4, 0.5) is 0 Å². The molecule has 2 nitrogen and oxygen atoms in total. The van der Waals surface area contributed by atoms with Crippen molar-refractivity contribution >= 4 is 17.5 Å². The average molecular weight is 266 g/mol. The fraction of sp³-hybridized carbons (Fsp3) is 0.533. The van der Waals surface area contributed by atoms with Crippen molar-refractivity contribution in [3.8, 4) is 0 Å². The Morgan fingerprint density at radius 3 is 2.61 bits per heavy atom. The number of carbonyl (C=O) groups is 1. The van der Waals surface area contributed by atoms with Crippen LogP contribution in [0.2, 0.25) is 0 Å². The third kappa shape index (κ3) is 3.05. The molecule has 3 heteroatoms. The number of piperidine rings is 1. The summed E-state index contributed by atoms with van der Waals surface area (Å²) >= 11 is 5.81. The van der Waals surface area contributed by atoms with E-state index in [1.165, 1.54) is 6.42 Å². The Balaban J connectivity index is 2.14. The fourth-order valence-electron chi connectivity index (χ4n) is 2.80. The van der Waals surface area contributed by atoms with Crippen molar-refractivity contribution in [2.45, 2.75) is 26.1 Å². The topological polar surface area (TPSA) is 20.3 Å². The van der Waals surface area contributed by atoms with Crippen molar-refractivity contribution in [1.82, 2.24) is 4.90 Å². The number of amides is 1.